The monoisotopic (exact) mass is 630 g/mol. The summed E-state index contributed by atoms with van der Waals surface area (Å²) in [4.78, 5) is 62.9. The van der Waals surface area contributed by atoms with Gasteiger partial charge in [-0.25, -0.2) is 9.59 Å². The smallest absolute Gasteiger partial charge is 0.408 e. The number of esters is 1. The number of nitrogens with one attached hydrogen (secondary N) is 3. The molecule has 4 atom stereocenters. The zero-order chi connectivity index (χ0) is 31.0. The van der Waals surface area contributed by atoms with E-state index in [0.717, 1.165) is 5.56 Å². The minimum Gasteiger partial charge on any atom is -0.467 e. The molecule has 0 aliphatic heterocycles. The zero-order valence-corrected chi connectivity index (χ0v) is 26.8. The van der Waals surface area contributed by atoms with Gasteiger partial charge in [0.05, 0.1) is 7.11 Å². The van der Waals surface area contributed by atoms with Gasteiger partial charge in [-0.1, -0.05) is 93.0 Å². The Morgan fingerprint density at radius 2 is 1.63 bits per heavy atom. The van der Waals surface area contributed by atoms with Gasteiger partial charge in [0.2, 0.25) is 17.7 Å². The number of nitrogens with two attached hydrogens (primary N) is 1. The van der Waals surface area contributed by atoms with Gasteiger partial charge in [0.25, 0.3) is 0 Å². The molecule has 0 radical (unpaired) electrons. The van der Waals surface area contributed by atoms with Gasteiger partial charge >= 0.3 is 12.1 Å². The summed E-state index contributed by atoms with van der Waals surface area (Å²) >= 11 is 0. The van der Waals surface area contributed by atoms with Crippen LogP contribution in [0.3, 0.4) is 0 Å². The summed E-state index contributed by atoms with van der Waals surface area (Å²) in [6, 6.07) is 5.83. The fraction of sp³-hybridized carbons (Fsp3) is 0.593. The van der Waals surface area contributed by atoms with Crippen molar-refractivity contribution in [3.8, 4) is 0 Å². The topological polar surface area (TPSA) is 166 Å². The van der Waals surface area contributed by atoms with Crippen LogP contribution in [0.15, 0.2) is 30.3 Å². The summed E-state index contributed by atoms with van der Waals surface area (Å²) < 4.78 is 10.1. The second-order valence-corrected chi connectivity index (χ2v) is 15.2. The van der Waals surface area contributed by atoms with Crippen molar-refractivity contribution in [1.82, 2.24) is 16.0 Å². The minimum atomic E-state index is -1.19. The van der Waals surface area contributed by atoms with Crippen molar-refractivity contribution in [2.45, 2.75) is 83.4 Å². The van der Waals surface area contributed by atoms with Crippen LogP contribution in [-0.2, 0) is 35.3 Å². The maximum absolute atomic E-state index is 13.3. The van der Waals surface area contributed by atoms with Crippen LogP contribution in [0, 0.1) is 5.92 Å². The van der Waals surface area contributed by atoms with E-state index in [9.17, 15) is 24.0 Å². The fourth-order valence-electron chi connectivity index (χ4n) is 3.21. The van der Waals surface area contributed by atoms with E-state index in [1.807, 2.05) is 13.0 Å². The zero-order valence-electron chi connectivity index (χ0n) is 24.4. The molecule has 0 spiro atoms. The first kappa shape index (κ1) is 36.4. The van der Waals surface area contributed by atoms with E-state index in [-0.39, 0.29) is 35.9 Å². The third-order valence-corrected chi connectivity index (χ3v) is 10.7. The van der Waals surface area contributed by atoms with Crippen LogP contribution < -0.4 is 21.7 Å². The number of primary amides is 1. The Morgan fingerprint density at radius 3 is 2.20 bits per heavy atom. The quantitative estimate of drug-likeness (QED) is 0.114. The molecule has 1 aromatic carbocycles. The number of ether oxygens (including phenoxy) is 2. The Bertz CT molecular complexity index is 1010. The third kappa shape index (κ3) is 15.3. The molecule has 0 aliphatic carbocycles. The average Bonchev–Trinajstić information content (AvgIpc) is 2.93. The van der Waals surface area contributed by atoms with Crippen LogP contribution in [0.2, 0.25) is 0 Å². The van der Waals surface area contributed by atoms with Crippen molar-refractivity contribution >= 4 is 61.2 Å². The fourth-order valence-corrected chi connectivity index (χ4v) is 7.98. The predicted molar refractivity (Wildman–Crippen MR) is 165 cm³/mol. The molecule has 0 saturated heterocycles. The number of benzene rings is 1. The van der Waals surface area contributed by atoms with Gasteiger partial charge in [0.1, 0.15) is 24.7 Å². The lowest BCUT2D eigenvalue weighted by Crippen LogP contribution is -2.58. The average molecular weight is 631 g/mol. The van der Waals surface area contributed by atoms with Crippen LogP contribution >= 0.6 is 31.4 Å². The van der Waals surface area contributed by atoms with Gasteiger partial charge in [-0.15, -0.1) is 0 Å². The number of carbonyl (C=O) groups is 5. The number of hydrogen-bond acceptors (Lipinski definition) is 10. The highest BCUT2D eigenvalue weighted by atomic mass is 33.5. The highest BCUT2D eigenvalue weighted by Crippen LogP contribution is 2.43. The second kappa shape index (κ2) is 18.8. The van der Waals surface area contributed by atoms with Gasteiger partial charge < -0.3 is 31.2 Å². The Kier molecular flexibility index (Phi) is 16.7. The number of hydrogen-bond donors (Lipinski definition) is 4. The molecule has 230 valence electrons. The third-order valence-electron chi connectivity index (χ3n) is 5.66. The van der Waals surface area contributed by atoms with E-state index in [2.05, 4.69) is 36.7 Å². The lowest BCUT2D eigenvalue weighted by molar-refractivity contribution is -0.144. The van der Waals surface area contributed by atoms with E-state index in [4.69, 9.17) is 15.2 Å². The van der Waals surface area contributed by atoms with Gasteiger partial charge in [-0.05, 0) is 27.7 Å². The molecule has 0 aromatic heterocycles. The molecule has 5 N–H and O–H groups in total. The van der Waals surface area contributed by atoms with Crippen LogP contribution in [0.5, 0.6) is 0 Å². The number of rotatable bonds is 17. The molecule has 41 heavy (non-hydrogen) atoms. The molecular weight excluding hydrogens is 589 g/mol. The summed E-state index contributed by atoms with van der Waals surface area (Å²) in [6.45, 7) is 9.82. The van der Waals surface area contributed by atoms with Gasteiger partial charge in [0, 0.05) is 16.9 Å². The van der Waals surface area contributed by atoms with E-state index < -0.39 is 47.9 Å². The Morgan fingerprint density at radius 1 is 0.976 bits per heavy atom. The predicted octanol–water partition coefficient (Wildman–Crippen LogP) is 3.56. The number of amides is 4. The van der Waals surface area contributed by atoms with E-state index in [1.54, 1.807) is 42.0 Å². The first-order chi connectivity index (χ1) is 19.3. The first-order valence-corrected chi connectivity index (χ1v) is 16.8. The van der Waals surface area contributed by atoms with Gasteiger partial charge in [0.15, 0.2) is 0 Å². The van der Waals surface area contributed by atoms with E-state index in [0.29, 0.717) is 6.42 Å². The SMILES string of the molecule is CC[C@H](C)[C@H](NC(=O)[C@H](CCC(N)=O)NC(=O)OCc1ccccc1)C(=O)N[C@@H](CSSSC(C)(C)C)C(=O)OC. The normalized spacial score (nSPS) is 14.1. The maximum Gasteiger partial charge on any atom is 0.408 e. The van der Waals surface area contributed by atoms with Crippen LogP contribution in [0.25, 0.3) is 0 Å². The maximum atomic E-state index is 13.3. The number of alkyl carbamates (subject to hydrolysis) is 1. The Hall–Kier alpha value is -2.58. The summed E-state index contributed by atoms with van der Waals surface area (Å²) in [5.74, 6) is -2.59. The van der Waals surface area contributed by atoms with Crippen molar-refractivity contribution in [2.24, 2.45) is 11.7 Å². The lowest BCUT2D eigenvalue weighted by Gasteiger charge is -2.28. The van der Waals surface area contributed by atoms with Crippen LogP contribution in [0.4, 0.5) is 4.79 Å². The van der Waals surface area contributed by atoms with Crippen molar-refractivity contribution in [3.05, 3.63) is 35.9 Å². The second-order valence-electron chi connectivity index (χ2n) is 10.3. The molecule has 0 aliphatic rings. The standard InChI is InChI=1S/C27H42N4O7S3/c1-7-17(2)22(24(34)29-20(25(35)37-6)16-39-41-40-27(3,4)5)31-23(33)19(13-14-21(28)32)30-26(36)38-15-18-11-9-8-10-12-18/h8-12,17,19-20,22H,7,13-16H2,1-6H3,(H2,28,32)(H,29,34)(H,30,36)(H,31,33)/t17-,19-,20-,22-/m0/s1. The summed E-state index contributed by atoms with van der Waals surface area (Å²) in [5.41, 5.74) is 6.02. The van der Waals surface area contributed by atoms with Crippen molar-refractivity contribution in [1.29, 1.82) is 0 Å². The molecule has 0 unspecified atom stereocenters. The molecule has 14 heteroatoms. The molecule has 4 amide bonds. The number of carbonyl (C=O) groups excluding carboxylic acids is 5. The van der Waals surface area contributed by atoms with Gasteiger partial charge in [-0.2, -0.15) is 0 Å². The van der Waals surface area contributed by atoms with Crippen molar-refractivity contribution in [2.75, 3.05) is 12.9 Å². The largest absolute Gasteiger partial charge is 0.467 e. The molecule has 0 heterocycles. The van der Waals surface area contributed by atoms with Crippen LogP contribution in [-0.4, -0.2) is 65.5 Å². The van der Waals surface area contributed by atoms with Gasteiger partial charge in [-0.3, -0.25) is 14.4 Å². The van der Waals surface area contributed by atoms with E-state index >= 15 is 0 Å². The highest BCUT2D eigenvalue weighted by molar-refractivity contribution is 9.09. The molecular formula is C27H42N4O7S3. The lowest BCUT2D eigenvalue weighted by atomic mass is 9.97. The summed E-state index contributed by atoms with van der Waals surface area (Å²) in [6.07, 6.45) is -0.604. The number of methoxy groups -OCH3 is 1. The summed E-state index contributed by atoms with van der Waals surface area (Å²) in [7, 11) is 5.79. The molecule has 0 bridgehead atoms. The molecule has 11 nitrogen and oxygen atoms in total. The van der Waals surface area contributed by atoms with Crippen LogP contribution in [0.1, 0.15) is 59.4 Å². The Labute approximate surface area is 253 Å². The first-order valence-electron chi connectivity index (χ1n) is 13.2. The highest BCUT2D eigenvalue weighted by Gasteiger charge is 2.33. The van der Waals surface area contributed by atoms with Crippen molar-refractivity contribution in [3.63, 3.8) is 0 Å². The molecule has 0 saturated carbocycles. The minimum absolute atomic E-state index is 0.0146. The van der Waals surface area contributed by atoms with E-state index in [1.165, 1.54) is 27.7 Å². The Balaban J connectivity index is 2.95. The molecule has 0 fully saturated rings. The molecule has 1 aromatic rings. The van der Waals surface area contributed by atoms with Crippen molar-refractivity contribution < 1.29 is 33.4 Å². The molecule has 1 rings (SSSR count). The summed E-state index contributed by atoms with van der Waals surface area (Å²) in [5, 5.41) is 7.84.